The van der Waals surface area contributed by atoms with Crippen molar-refractivity contribution >= 4 is 5.91 Å². The maximum atomic E-state index is 13.9. The summed E-state index contributed by atoms with van der Waals surface area (Å²) in [6.07, 6.45) is 0. The lowest BCUT2D eigenvalue weighted by Gasteiger charge is -2.35. The minimum absolute atomic E-state index is 0.0314. The fraction of sp³-hybridized carbons (Fsp3) is 0.296. The number of benzene rings is 3. The molecule has 5 heteroatoms. The van der Waals surface area contributed by atoms with E-state index in [1.807, 2.05) is 60.4 Å². The van der Waals surface area contributed by atoms with Crippen LogP contribution < -0.4 is 4.74 Å². The van der Waals surface area contributed by atoms with Crippen molar-refractivity contribution in [1.82, 2.24) is 9.80 Å². The molecule has 1 heterocycles. The summed E-state index contributed by atoms with van der Waals surface area (Å²) in [7, 11) is 0. The summed E-state index contributed by atoms with van der Waals surface area (Å²) in [5.74, 6) is 0.716. The molecule has 3 aromatic carbocycles. The Bertz CT molecular complexity index is 1090. The van der Waals surface area contributed by atoms with Crippen LogP contribution >= 0.6 is 0 Å². The molecule has 0 saturated carbocycles. The van der Waals surface area contributed by atoms with E-state index in [-0.39, 0.29) is 11.7 Å². The minimum Gasteiger partial charge on any atom is -0.489 e. The van der Waals surface area contributed by atoms with Gasteiger partial charge in [0.1, 0.15) is 18.2 Å². The summed E-state index contributed by atoms with van der Waals surface area (Å²) in [4.78, 5) is 17.1. The number of amides is 1. The molecule has 3 aromatic rings. The van der Waals surface area contributed by atoms with Crippen molar-refractivity contribution in [1.29, 1.82) is 0 Å². The van der Waals surface area contributed by atoms with E-state index in [2.05, 4.69) is 17.9 Å². The zero-order valence-corrected chi connectivity index (χ0v) is 18.7. The standard InChI is InChI=1S/C27H29FN2O2/c1-20-10-11-26(21(2)16-20)32-19-22-6-5-8-23(17-22)27(31)30-14-12-29(13-15-30)18-24-7-3-4-9-25(24)28/h3-11,16-17H,12-15,18-19H2,1-2H3. The fourth-order valence-corrected chi connectivity index (χ4v) is 4.08. The molecule has 0 N–H and O–H groups in total. The van der Waals surface area contributed by atoms with E-state index in [4.69, 9.17) is 4.74 Å². The number of hydrogen-bond donors (Lipinski definition) is 0. The van der Waals surface area contributed by atoms with Crippen LogP contribution in [0.4, 0.5) is 4.39 Å². The van der Waals surface area contributed by atoms with Crippen LogP contribution in [0.5, 0.6) is 5.75 Å². The van der Waals surface area contributed by atoms with Gasteiger partial charge in [-0.25, -0.2) is 4.39 Å². The van der Waals surface area contributed by atoms with E-state index in [0.717, 1.165) is 30.0 Å². The van der Waals surface area contributed by atoms with E-state index in [1.54, 1.807) is 6.07 Å². The van der Waals surface area contributed by atoms with Gasteiger partial charge in [-0.1, -0.05) is 48.0 Å². The van der Waals surface area contributed by atoms with Crippen LogP contribution in [0.2, 0.25) is 0 Å². The van der Waals surface area contributed by atoms with Gasteiger partial charge in [0.2, 0.25) is 0 Å². The first-order valence-corrected chi connectivity index (χ1v) is 11.0. The van der Waals surface area contributed by atoms with Gasteiger partial charge in [-0.15, -0.1) is 0 Å². The molecule has 1 aliphatic rings. The Morgan fingerprint density at radius 3 is 2.47 bits per heavy atom. The van der Waals surface area contributed by atoms with Gasteiger partial charge in [0.05, 0.1) is 0 Å². The predicted octanol–water partition coefficient (Wildman–Crippen LogP) is 4.98. The number of hydrogen-bond acceptors (Lipinski definition) is 3. The number of aryl methyl sites for hydroxylation is 2. The van der Waals surface area contributed by atoms with Crippen molar-refractivity contribution in [3.8, 4) is 5.75 Å². The van der Waals surface area contributed by atoms with E-state index < -0.39 is 0 Å². The summed E-state index contributed by atoms with van der Waals surface area (Å²) < 4.78 is 19.9. The third-order valence-electron chi connectivity index (χ3n) is 5.91. The Labute approximate surface area is 189 Å². The van der Waals surface area contributed by atoms with Crippen molar-refractivity contribution in [2.24, 2.45) is 0 Å². The molecule has 0 aromatic heterocycles. The van der Waals surface area contributed by atoms with Crippen molar-refractivity contribution < 1.29 is 13.9 Å². The lowest BCUT2D eigenvalue weighted by Crippen LogP contribution is -2.48. The molecule has 1 saturated heterocycles. The highest BCUT2D eigenvalue weighted by atomic mass is 19.1. The van der Waals surface area contributed by atoms with Crippen molar-refractivity contribution in [3.05, 3.63) is 100 Å². The van der Waals surface area contributed by atoms with Crippen LogP contribution in [0.3, 0.4) is 0 Å². The summed E-state index contributed by atoms with van der Waals surface area (Å²) >= 11 is 0. The molecule has 0 bridgehead atoms. The zero-order chi connectivity index (χ0) is 22.5. The molecule has 1 amide bonds. The molecule has 4 rings (SSSR count). The van der Waals surface area contributed by atoms with Crippen molar-refractivity contribution in [2.45, 2.75) is 27.0 Å². The highest BCUT2D eigenvalue weighted by Gasteiger charge is 2.23. The van der Waals surface area contributed by atoms with Gasteiger partial charge in [0, 0.05) is 43.9 Å². The lowest BCUT2D eigenvalue weighted by molar-refractivity contribution is 0.0627. The number of piperazine rings is 1. The van der Waals surface area contributed by atoms with E-state index >= 15 is 0 Å². The molecule has 0 unspecified atom stereocenters. The second kappa shape index (κ2) is 9.96. The quantitative estimate of drug-likeness (QED) is 0.551. The van der Waals surface area contributed by atoms with Crippen molar-refractivity contribution in [2.75, 3.05) is 26.2 Å². The Morgan fingerprint density at radius 1 is 0.938 bits per heavy atom. The second-order valence-electron chi connectivity index (χ2n) is 8.42. The summed E-state index contributed by atoms with van der Waals surface area (Å²) in [5.41, 5.74) is 4.65. The smallest absolute Gasteiger partial charge is 0.253 e. The van der Waals surface area contributed by atoms with Crippen molar-refractivity contribution in [3.63, 3.8) is 0 Å². The Kier molecular flexibility index (Phi) is 6.86. The molecule has 1 fully saturated rings. The van der Waals surface area contributed by atoms with Gasteiger partial charge >= 0.3 is 0 Å². The Hall–Kier alpha value is -3.18. The molecule has 166 valence electrons. The van der Waals surface area contributed by atoms with E-state index in [0.29, 0.717) is 37.4 Å². The minimum atomic E-state index is -0.175. The molecule has 4 nitrogen and oxygen atoms in total. The van der Waals surface area contributed by atoms with Gasteiger partial charge in [-0.05, 0) is 49.2 Å². The van der Waals surface area contributed by atoms with Crippen LogP contribution in [-0.4, -0.2) is 41.9 Å². The topological polar surface area (TPSA) is 32.8 Å². The summed E-state index contributed by atoms with van der Waals surface area (Å²) in [5, 5.41) is 0. The van der Waals surface area contributed by atoms with Crippen LogP contribution in [0.1, 0.15) is 32.6 Å². The molecule has 0 radical (unpaired) electrons. The number of ether oxygens (including phenoxy) is 1. The first-order valence-electron chi connectivity index (χ1n) is 11.0. The van der Waals surface area contributed by atoms with Gasteiger partial charge in [-0.3, -0.25) is 9.69 Å². The average molecular weight is 433 g/mol. The molecular formula is C27H29FN2O2. The van der Waals surface area contributed by atoms with Gasteiger partial charge in [-0.2, -0.15) is 0 Å². The number of rotatable bonds is 6. The largest absolute Gasteiger partial charge is 0.489 e. The van der Waals surface area contributed by atoms with Crippen LogP contribution in [0.25, 0.3) is 0 Å². The second-order valence-corrected chi connectivity index (χ2v) is 8.42. The molecule has 32 heavy (non-hydrogen) atoms. The highest BCUT2D eigenvalue weighted by Crippen LogP contribution is 2.21. The third kappa shape index (κ3) is 5.35. The van der Waals surface area contributed by atoms with Crippen LogP contribution in [0, 0.1) is 19.7 Å². The fourth-order valence-electron chi connectivity index (χ4n) is 4.08. The Morgan fingerprint density at radius 2 is 1.72 bits per heavy atom. The molecular weight excluding hydrogens is 403 g/mol. The molecule has 0 spiro atoms. The average Bonchev–Trinajstić information content (AvgIpc) is 2.80. The molecule has 0 aliphatic carbocycles. The summed E-state index contributed by atoms with van der Waals surface area (Å²) in [6.45, 7) is 7.82. The number of carbonyl (C=O) groups is 1. The normalized spacial score (nSPS) is 14.4. The number of halogens is 1. The molecule has 1 aliphatic heterocycles. The zero-order valence-electron chi connectivity index (χ0n) is 18.7. The van der Waals surface area contributed by atoms with Gasteiger partial charge in [0.25, 0.3) is 5.91 Å². The maximum Gasteiger partial charge on any atom is 0.253 e. The number of carbonyl (C=O) groups excluding carboxylic acids is 1. The SMILES string of the molecule is Cc1ccc(OCc2cccc(C(=O)N3CCN(Cc4ccccc4F)CC3)c2)c(C)c1. The third-order valence-corrected chi connectivity index (χ3v) is 5.91. The predicted molar refractivity (Wildman–Crippen MR) is 124 cm³/mol. The Balaban J connectivity index is 1.33. The van der Waals surface area contributed by atoms with E-state index in [9.17, 15) is 9.18 Å². The van der Waals surface area contributed by atoms with Crippen LogP contribution in [0.15, 0.2) is 66.7 Å². The molecule has 0 atom stereocenters. The highest BCUT2D eigenvalue weighted by molar-refractivity contribution is 5.94. The number of nitrogens with zero attached hydrogens (tertiary/aromatic N) is 2. The monoisotopic (exact) mass is 432 g/mol. The maximum absolute atomic E-state index is 13.9. The first-order chi connectivity index (χ1) is 15.5. The lowest BCUT2D eigenvalue weighted by atomic mass is 10.1. The van der Waals surface area contributed by atoms with Gasteiger partial charge < -0.3 is 9.64 Å². The first kappa shape index (κ1) is 22.0. The summed E-state index contributed by atoms with van der Waals surface area (Å²) in [6, 6.07) is 20.6. The van der Waals surface area contributed by atoms with Crippen LogP contribution in [-0.2, 0) is 13.2 Å². The van der Waals surface area contributed by atoms with E-state index in [1.165, 1.54) is 11.6 Å². The van der Waals surface area contributed by atoms with Gasteiger partial charge in [0.15, 0.2) is 0 Å².